The number of para-hydroxylation sites is 1. The molecule has 19 heavy (non-hydrogen) atoms. The van der Waals surface area contributed by atoms with Gasteiger partial charge < -0.3 is 10.4 Å². The number of anilines is 1. The average Bonchev–Trinajstić information content (AvgIpc) is 2.80. The lowest BCUT2D eigenvalue weighted by Crippen LogP contribution is -2.38. The Kier molecular flexibility index (Phi) is 4.70. The van der Waals surface area contributed by atoms with Crippen molar-refractivity contribution < 1.29 is 9.90 Å². The first-order valence-electron chi connectivity index (χ1n) is 6.27. The Labute approximate surface area is 115 Å². The van der Waals surface area contributed by atoms with E-state index in [2.05, 4.69) is 15.6 Å². The molecule has 1 atom stereocenters. The van der Waals surface area contributed by atoms with E-state index in [9.17, 15) is 4.79 Å². The van der Waals surface area contributed by atoms with Crippen molar-refractivity contribution in [3.63, 3.8) is 0 Å². The van der Waals surface area contributed by atoms with Gasteiger partial charge in [-0.2, -0.15) is 0 Å². The molecule has 0 radical (unpaired) electrons. The average molecular weight is 279 g/mol. The Morgan fingerprint density at radius 1 is 1.47 bits per heavy atom. The third-order valence-corrected chi connectivity index (χ3v) is 3.77. The number of rotatable bonds is 5. The van der Waals surface area contributed by atoms with Gasteiger partial charge in [-0.3, -0.25) is 5.32 Å². The van der Waals surface area contributed by atoms with Crippen LogP contribution in [0.5, 0.6) is 0 Å². The molecular formula is C13H17N3O2S. The molecule has 0 fully saturated rings. The minimum atomic E-state index is -0.278. The highest BCUT2D eigenvalue weighted by Gasteiger charge is 2.11. The molecule has 102 valence electrons. The van der Waals surface area contributed by atoms with E-state index >= 15 is 0 Å². The van der Waals surface area contributed by atoms with Crippen LogP contribution in [0.3, 0.4) is 0 Å². The number of benzene rings is 1. The second-order valence-corrected chi connectivity index (χ2v) is 5.23. The van der Waals surface area contributed by atoms with Crippen LogP contribution in [0.2, 0.25) is 0 Å². The maximum absolute atomic E-state index is 11.8. The van der Waals surface area contributed by atoms with Gasteiger partial charge >= 0.3 is 6.03 Å². The summed E-state index contributed by atoms with van der Waals surface area (Å²) in [6, 6.07) is 7.45. The standard InChI is InChI=1S/C13H17N3O2S/c1-2-9(7-8-17)14-12(18)16-13-15-10-5-3-4-6-11(10)19-13/h3-6,9,17H,2,7-8H2,1H3,(H2,14,15,16,18). The number of aromatic nitrogens is 1. The molecule has 0 aliphatic heterocycles. The lowest BCUT2D eigenvalue weighted by Gasteiger charge is -2.15. The van der Waals surface area contributed by atoms with Gasteiger partial charge in [-0.05, 0) is 25.0 Å². The Morgan fingerprint density at radius 3 is 2.95 bits per heavy atom. The quantitative estimate of drug-likeness (QED) is 0.787. The van der Waals surface area contributed by atoms with Crippen LogP contribution in [0.4, 0.5) is 9.93 Å². The molecule has 0 spiro atoms. The van der Waals surface area contributed by atoms with E-state index in [0.29, 0.717) is 11.6 Å². The molecule has 0 saturated heterocycles. The highest BCUT2D eigenvalue weighted by Crippen LogP contribution is 2.25. The van der Waals surface area contributed by atoms with Gasteiger partial charge in [-0.25, -0.2) is 9.78 Å². The molecule has 5 nitrogen and oxygen atoms in total. The number of nitrogens with zero attached hydrogens (tertiary/aromatic N) is 1. The Bertz CT molecular complexity index is 523. The number of hydrogen-bond donors (Lipinski definition) is 3. The van der Waals surface area contributed by atoms with E-state index in [-0.39, 0.29) is 18.7 Å². The van der Waals surface area contributed by atoms with Crippen LogP contribution in [0.1, 0.15) is 19.8 Å². The predicted molar refractivity (Wildman–Crippen MR) is 77.6 cm³/mol. The zero-order valence-electron chi connectivity index (χ0n) is 10.7. The number of carbonyl (C=O) groups is 1. The Hall–Kier alpha value is -1.66. The zero-order chi connectivity index (χ0) is 13.7. The molecule has 0 aliphatic rings. The number of aliphatic hydroxyl groups is 1. The summed E-state index contributed by atoms with van der Waals surface area (Å²) in [5.74, 6) is 0. The predicted octanol–water partition coefficient (Wildman–Crippen LogP) is 2.58. The Morgan fingerprint density at radius 2 is 2.26 bits per heavy atom. The van der Waals surface area contributed by atoms with Crippen molar-refractivity contribution in [1.82, 2.24) is 10.3 Å². The van der Waals surface area contributed by atoms with Gasteiger partial charge in [-0.1, -0.05) is 30.4 Å². The highest BCUT2D eigenvalue weighted by molar-refractivity contribution is 7.22. The van der Waals surface area contributed by atoms with E-state index in [1.54, 1.807) is 0 Å². The van der Waals surface area contributed by atoms with Crippen LogP contribution in [-0.4, -0.2) is 28.8 Å². The minimum Gasteiger partial charge on any atom is -0.396 e. The number of urea groups is 1. The summed E-state index contributed by atoms with van der Waals surface area (Å²) in [7, 11) is 0. The molecule has 2 rings (SSSR count). The summed E-state index contributed by atoms with van der Waals surface area (Å²) >= 11 is 1.44. The third kappa shape index (κ3) is 3.65. The molecule has 2 amide bonds. The fraction of sp³-hybridized carbons (Fsp3) is 0.385. The normalized spacial score (nSPS) is 12.3. The van der Waals surface area contributed by atoms with Crippen LogP contribution < -0.4 is 10.6 Å². The van der Waals surface area contributed by atoms with E-state index in [1.165, 1.54) is 11.3 Å². The van der Waals surface area contributed by atoms with Crippen LogP contribution in [0, 0.1) is 0 Å². The summed E-state index contributed by atoms with van der Waals surface area (Å²) in [5, 5.41) is 15.0. The maximum atomic E-state index is 11.8. The molecule has 1 unspecified atom stereocenters. The van der Waals surface area contributed by atoms with Crippen molar-refractivity contribution in [2.24, 2.45) is 0 Å². The third-order valence-electron chi connectivity index (χ3n) is 2.82. The molecule has 2 aromatic rings. The molecule has 0 saturated carbocycles. The molecule has 0 aliphatic carbocycles. The lowest BCUT2D eigenvalue weighted by atomic mass is 10.2. The fourth-order valence-corrected chi connectivity index (χ4v) is 2.64. The molecule has 1 heterocycles. The van der Waals surface area contributed by atoms with Crippen molar-refractivity contribution in [3.8, 4) is 0 Å². The van der Waals surface area contributed by atoms with Gasteiger partial charge in [0.05, 0.1) is 10.2 Å². The van der Waals surface area contributed by atoms with Gasteiger partial charge in [0.25, 0.3) is 0 Å². The second-order valence-electron chi connectivity index (χ2n) is 4.20. The van der Waals surface area contributed by atoms with Gasteiger partial charge in [0.15, 0.2) is 5.13 Å². The lowest BCUT2D eigenvalue weighted by molar-refractivity contribution is 0.237. The number of thiazole rings is 1. The van der Waals surface area contributed by atoms with Crippen molar-refractivity contribution in [1.29, 1.82) is 0 Å². The van der Waals surface area contributed by atoms with Crippen LogP contribution in [0.25, 0.3) is 10.2 Å². The number of fused-ring (bicyclic) bond motifs is 1. The van der Waals surface area contributed by atoms with Crippen LogP contribution in [0.15, 0.2) is 24.3 Å². The number of hydrogen-bond acceptors (Lipinski definition) is 4. The van der Waals surface area contributed by atoms with Crippen molar-refractivity contribution in [3.05, 3.63) is 24.3 Å². The maximum Gasteiger partial charge on any atom is 0.321 e. The molecular weight excluding hydrogens is 262 g/mol. The number of carbonyl (C=O) groups excluding carboxylic acids is 1. The summed E-state index contributed by atoms with van der Waals surface area (Å²) in [4.78, 5) is 16.1. The zero-order valence-corrected chi connectivity index (χ0v) is 11.5. The summed E-state index contributed by atoms with van der Waals surface area (Å²) in [6.07, 6.45) is 1.34. The summed E-state index contributed by atoms with van der Waals surface area (Å²) in [5.41, 5.74) is 0.880. The summed E-state index contributed by atoms with van der Waals surface area (Å²) < 4.78 is 1.04. The number of nitrogens with one attached hydrogen (secondary N) is 2. The molecule has 1 aromatic heterocycles. The SMILES string of the molecule is CCC(CCO)NC(=O)Nc1nc2ccccc2s1. The van der Waals surface area contributed by atoms with Gasteiger partial charge in [0.2, 0.25) is 0 Å². The van der Waals surface area contributed by atoms with E-state index in [4.69, 9.17) is 5.11 Å². The minimum absolute atomic E-state index is 0.0145. The van der Waals surface area contributed by atoms with E-state index < -0.39 is 0 Å². The number of amides is 2. The molecule has 6 heteroatoms. The smallest absolute Gasteiger partial charge is 0.321 e. The molecule has 1 aromatic carbocycles. The van der Waals surface area contributed by atoms with Gasteiger partial charge in [-0.15, -0.1) is 0 Å². The van der Waals surface area contributed by atoms with Gasteiger partial charge in [0, 0.05) is 12.6 Å². The van der Waals surface area contributed by atoms with Gasteiger partial charge in [0.1, 0.15) is 0 Å². The summed E-state index contributed by atoms with van der Waals surface area (Å²) in [6.45, 7) is 2.04. The topological polar surface area (TPSA) is 74.2 Å². The number of aliphatic hydroxyl groups excluding tert-OH is 1. The largest absolute Gasteiger partial charge is 0.396 e. The van der Waals surface area contributed by atoms with Crippen molar-refractivity contribution >= 4 is 32.7 Å². The van der Waals surface area contributed by atoms with E-state index in [0.717, 1.165) is 16.6 Å². The second kappa shape index (κ2) is 6.49. The van der Waals surface area contributed by atoms with Crippen molar-refractivity contribution in [2.45, 2.75) is 25.8 Å². The first-order valence-corrected chi connectivity index (χ1v) is 7.08. The Balaban J connectivity index is 1.98. The fourth-order valence-electron chi connectivity index (χ4n) is 1.78. The highest BCUT2D eigenvalue weighted by atomic mass is 32.1. The van der Waals surface area contributed by atoms with Crippen LogP contribution >= 0.6 is 11.3 Å². The molecule has 0 bridgehead atoms. The molecule has 3 N–H and O–H groups in total. The van der Waals surface area contributed by atoms with Crippen molar-refractivity contribution in [2.75, 3.05) is 11.9 Å². The first kappa shape index (κ1) is 13.8. The van der Waals surface area contributed by atoms with Crippen LogP contribution in [-0.2, 0) is 0 Å². The van der Waals surface area contributed by atoms with E-state index in [1.807, 2.05) is 31.2 Å². The monoisotopic (exact) mass is 279 g/mol. The first-order chi connectivity index (χ1) is 9.22.